The summed E-state index contributed by atoms with van der Waals surface area (Å²) >= 11 is 0. The second kappa shape index (κ2) is 6.31. The van der Waals surface area contributed by atoms with Gasteiger partial charge in [0.15, 0.2) is 0 Å². The van der Waals surface area contributed by atoms with Crippen LogP contribution in [0.2, 0.25) is 0 Å². The molecule has 0 bridgehead atoms. The topological polar surface area (TPSA) is 59.8 Å². The van der Waals surface area contributed by atoms with E-state index in [1.165, 1.54) is 0 Å². The number of aromatic nitrogens is 3. The third-order valence-corrected chi connectivity index (χ3v) is 4.90. The smallest absolute Gasteiger partial charge is 0.257 e. The number of fused-ring (bicyclic) bond motifs is 1. The molecule has 2 aromatic heterocycles. The minimum absolute atomic E-state index is 0.106. The van der Waals surface area contributed by atoms with Crippen molar-refractivity contribution in [2.24, 2.45) is 0 Å². The molecule has 4 rings (SSSR count). The van der Waals surface area contributed by atoms with Gasteiger partial charge in [-0.3, -0.25) is 9.78 Å². The van der Waals surface area contributed by atoms with E-state index >= 15 is 0 Å². The Morgan fingerprint density at radius 2 is 2.12 bits per heavy atom. The molecule has 1 N–H and O–H groups in total. The number of carbonyl (C=O) groups is 1. The van der Waals surface area contributed by atoms with Crippen molar-refractivity contribution in [3.63, 3.8) is 0 Å². The van der Waals surface area contributed by atoms with E-state index < -0.39 is 0 Å². The average molecular weight is 334 g/mol. The number of nitrogens with zero attached hydrogens (tertiary/aromatic N) is 3. The van der Waals surface area contributed by atoms with Gasteiger partial charge in [0.05, 0.1) is 23.3 Å². The number of pyridine rings is 1. The molecular weight excluding hydrogens is 312 g/mol. The maximum absolute atomic E-state index is 13.0. The summed E-state index contributed by atoms with van der Waals surface area (Å²) in [6.07, 6.45) is 5.00. The predicted octanol–water partition coefficient (Wildman–Crippen LogP) is 4.53. The number of rotatable bonds is 5. The molecule has 1 atom stereocenters. The van der Waals surface area contributed by atoms with E-state index in [0.717, 1.165) is 41.7 Å². The van der Waals surface area contributed by atoms with Crippen LogP contribution >= 0.6 is 0 Å². The highest BCUT2D eigenvalue weighted by Gasteiger charge is 2.27. The molecule has 3 aromatic rings. The van der Waals surface area contributed by atoms with Crippen LogP contribution in [-0.2, 0) is 0 Å². The van der Waals surface area contributed by atoms with Gasteiger partial charge < -0.3 is 5.32 Å². The zero-order valence-corrected chi connectivity index (χ0v) is 14.6. The zero-order chi connectivity index (χ0) is 17.4. The Balaban J connectivity index is 1.71. The highest BCUT2D eigenvalue weighted by molar-refractivity contribution is 6.12. The molecule has 1 fully saturated rings. The number of hydrogen-bond donors (Lipinski definition) is 1. The lowest BCUT2D eigenvalue weighted by molar-refractivity contribution is 0.102. The molecule has 1 amide bonds. The number of nitrogens with one attached hydrogen (secondary N) is 1. The number of carbonyl (C=O) groups excluding carboxylic acids is 1. The summed E-state index contributed by atoms with van der Waals surface area (Å²) in [6, 6.07) is 11.9. The molecule has 1 aliphatic carbocycles. The lowest BCUT2D eigenvalue weighted by Gasteiger charge is -2.15. The summed E-state index contributed by atoms with van der Waals surface area (Å²) in [7, 11) is 0. The molecule has 1 unspecified atom stereocenters. The van der Waals surface area contributed by atoms with Crippen molar-refractivity contribution in [2.75, 3.05) is 5.32 Å². The minimum Gasteiger partial charge on any atom is -0.307 e. The molecule has 0 saturated heterocycles. The molecule has 25 heavy (non-hydrogen) atoms. The van der Waals surface area contributed by atoms with E-state index in [2.05, 4.69) is 24.3 Å². The van der Waals surface area contributed by atoms with Crippen LogP contribution in [0.3, 0.4) is 0 Å². The quantitative estimate of drug-likeness (QED) is 0.745. The molecule has 2 heterocycles. The molecule has 1 aliphatic rings. The van der Waals surface area contributed by atoms with Gasteiger partial charge in [-0.05, 0) is 38.3 Å². The highest BCUT2D eigenvalue weighted by Crippen LogP contribution is 2.40. The second-order valence-electron chi connectivity index (χ2n) is 6.76. The van der Waals surface area contributed by atoms with Crippen molar-refractivity contribution < 1.29 is 4.79 Å². The zero-order valence-electron chi connectivity index (χ0n) is 14.6. The first kappa shape index (κ1) is 15.8. The molecular formula is C20H22N4O. The lowest BCUT2D eigenvalue weighted by atomic mass is 10.1. The van der Waals surface area contributed by atoms with Crippen LogP contribution in [0, 0.1) is 0 Å². The van der Waals surface area contributed by atoms with E-state index in [1.807, 2.05) is 41.1 Å². The Morgan fingerprint density at radius 1 is 1.32 bits per heavy atom. The summed E-state index contributed by atoms with van der Waals surface area (Å²) in [5, 5.41) is 8.26. The first-order chi connectivity index (χ1) is 12.2. The molecule has 5 nitrogen and oxygen atoms in total. The van der Waals surface area contributed by atoms with Gasteiger partial charge in [-0.1, -0.05) is 25.1 Å². The Kier molecular flexibility index (Phi) is 3.99. The Hall–Kier alpha value is -2.69. The van der Waals surface area contributed by atoms with Gasteiger partial charge in [0.25, 0.3) is 5.91 Å². The lowest BCUT2D eigenvalue weighted by Crippen LogP contribution is -2.18. The first-order valence-electron chi connectivity index (χ1n) is 8.92. The van der Waals surface area contributed by atoms with Gasteiger partial charge in [-0.15, -0.1) is 0 Å². The summed E-state index contributed by atoms with van der Waals surface area (Å²) < 4.78 is 1.86. The van der Waals surface area contributed by atoms with Crippen molar-refractivity contribution >= 4 is 22.6 Å². The average Bonchev–Trinajstić information content (AvgIpc) is 3.39. The van der Waals surface area contributed by atoms with E-state index in [9.17, 15) is 4.79 Å². The second-order valence-corrected chi connectivity index (χ2v) is 6.76. The van der Waals surface area contributed by atoms with Crippen LogP contribution in [-0.4, -0.2) is 20.7 Å². The van der Waals surface area contributed by atoms with Crippen LogP contribution < -0.4 is 5.32 Å². The summed E-state index contributed by atoms with van der Waals surface area (Å²) in [5.41, 5.74) is 2.59. The summed E-state index contributed by atoms with van der Waals surface area (Å²) in [6.45, 7) is 4.20. The third-order valence-electron chi connectivity index (χ3n) is 4.90. The van der Waals surface area contributed by atoms with Gasteiger partial charge in [0.1, 0.15) is 5.82 Å². The van der Waals surface area contributed by atoms with Gasteiger partial charge in [-0.2, -0.15) is 5.10 Å². The monoisotopic (exact) mass is 334 g/mol. The minimum atomic E-state index is -0.106. The molecule has 0 aliphatic heterocycles. The first-order valence-corrected chi connectivity index (χ1v) is 8.92. The Labute approximate surface area is 147 Å². The van der Waals surface area contributed by atoms with Crippen molar-refractivity contribution in [1.29, 1.82) is 0 Å². The normalized spacial score (nSPS) is 15.3. The molecule has 0 spiro atoms. The van der Waals surface area contributed by atoms with Crippen LogP contribution in [0.25, 0.3) is 10.9 Å². The van der Waals surface area contributed by atoms with E-state index in [-0.39, 0.29) is 11.9 Å². The van der Waals surface area contributed by atoms with Crippen LogP contribution in [0.1, 0.15) is 61.1 Å². The van der Waals surface area contributed by atoms with Crippen LogP contribution in [0.5, 0.6) is 0 Å². The number of hydrogen-bond acceptors (Lipinski definition) is 3. The van der Waals surface area contributed by atoms with Gasteiger partial charge >= 0.3 is 0 Å². The van der Waals surface area contributed by atoms with Crippen molar-refractivity contribution in [1.82, 2.24) is 14.8 Å². The van der Waals surface area contributed by atoms with Crippen molar-refractivity contribution in [3.05, 3.63) is 53.9 Å². The van der Waals surface area contributed by atoms with E-state index in [1.54, 1.807) is 6.20 Å². The molecule has 1 aromatic carbocycles. The fraction of sp³-hybridized carbons (Fsp3) is 0.350. The van der Waals surface area contributed by atoms with Crippen LogP contribution in [0.15, 0.2) is 42.6 Å². The maximum Gasteiger partial charge on any atom is 0.257 e. The standard InChI is InChI=1S/C20H22N4O/c1-3-13(2)24-19(10-11-21-24)23-20(25)16-12-18(14-8-9-14)22-17-7-5-4-6-15(16)17/h4-7,10-14H,3,8-9H2,1-2H3,(H,23,25). The summed E-state index contributed by atoms with van der Waals surface area (Å²) in [4.78, 5) is 17.7. The SMILES string of the molecule is CCC(C)n1nccc1NC(=O)c1cc(C2CC2)nc2ccccc12. The largest absolute Gasteiger partial charge is 0.307 e. The van der Waals surface area contributed by atoms with Gasteiger partial charge in [0.2, 0.25) is 0 Å². The third kappa shape index (κ3) is 3.02. The van der Waals surface area contributed by atoms with Gasteiger partial charge in [-0.25, -0.2) is 4.68 Å². The molecule has 5 heteroatoms. The number of amides is 1. The van der Waals surface area contributed by atoms with Crippen LogP contribution in [0.4, 0.5) is 5.82 Å². The number of benzene rings is 1. The van der Waals surface area contributed by atoms with Crippen molar-refractivity contribution in [2.45, 2.75) is 45.1 Å². The summed E-state index contributed by atoms with van der Waals surface area (Å²) in [5.74, 6) is 1.13. The molecule has 0 radical (unpaired) electrons. The van der Waals surface area contributed by atoms with E-state index in [4.69, 9.17) is 4.98 Å². The fourth-order valence-electron chi connectivity index (χ4n) is 3.09. The van der Waals surface area contributed by atoms with E-state index in [0.29, 0.717) is 11.5 Å². The molecule has 1 saturated carbocycles. The van der Waals surface area contributed by atoms with Gasteiger partial charge in [0, 0.05) is 23.1 Å². The Morgan fingerprint density at radius 3 is 2.88 bits per heavy atom. The molecule has 128 valence electrons. The Bertz CT molecular complexity index is 926. The number of anilines is 1. The maximum atomic E-state index is 13.0. The number of para-hydroxylation sites is 1. The fourth-order valence-corrected chi connectivity index (χ4v) is 3.09. The van der Waals surface area contributed by atoms with Crippen molar-refractivity contribution in [3.8, 4) is 0 Å². The highest BCUT2D eigenvalue weighted by atomic mass is 16.1. The predicted molar refractivity (Wildman–Crippen MR) is 98.9 cm³/mol.